The van der Waals surface area contributed by atoms with E-state index in [9.17, 15) is 8.78 Å². The Bertz CT molecular complexity index is 561. The molecule has 0 aromatic heterocycles. The van der Waals surface area contributed by atoms with Crippen molar-refractivity contribution in [2.24, 2.45) is 10.9 Å². The predicted octanol–water partition coefficient (Wildman–Crippen LogP) is 4.11. The van der Waals surface area contributed by atoms with E-state index in [1.54, 1.807) is 17.8 Å². The van der Waals surface area contributed by atoms with Gasteiger partial charge in [0.25, 0.3) is 0 Å². The molecular weight excluding hydrogens is 290 g/mol. The van der Waals surface area contributed by atoms with E-state index in [2.05, 4.69) is 17.2 Å². The third-order valence-corrected chi connectivity index (χ3v) is 5.54. The van der Waals surface area contributed by atoms with Gasteiger partial charge < -0.3 is 5.32 Å². The number of hydrogen-bond acceptors (Lipinski definition) is 2. The highest BCUT2D eigenvalue weighted by Gasteiger charge is 2.40. The third-order valence-electron chi connectivity index (χ3n) is 4.34. The molecule has 2 nitrogen and oxygen atoms in total. The minimum Gasteiger partial charge on any atom is -0.359 e. The van der Waals surface area contributed by atoms with Crippen LogP contribution in [0.1, 0.15) is 38.2 Å². The van der Waals surface area contributed by atoms with Crippen molar-refractivity contribution in [1.82, 2.24) is 5.32 Å². The van der Waals surface area contributed by atoms with Crippen molar-refractivity contribution in [3.05, 3.63) is 35.4 Å². The van der Waals surface area contributed by atoms with Gasteiger partial charge in [-0.25, -0.2) is 8.78 Å². The highest BCUT2D eigenvalue weighted by molar-refractivity contribution is 8.14. The zero-order valence-corrected chi connectivity index (χ0v) is 13.0. The predicted molar refractivity (Wildman–Crippen MR) is 83.5 cm³/mol. The molecule has 3 rings (SSSR count). The zero-order chi connectivity index (χ0) is 14.9. The van der Waals surface area contributed by atoms with Crippen molar-refractivity contribution in [1.29, 1.82) is 0 Å². The Morgan fingerprint density at radius 3 is 3.00 bits per heavy atom. The molecule has 1 aliphatic carbocycles. The average molecular weight is 310 g/mol. The smallest absolute Gasteiger partial charge is 0.159 e. The fraction of sp³-hybridized carbons (Fsp3) is 0.562. The average Bonchev–Trinajstić information content (AvgIpc) is 2.83. The summed E-state index contributed by atoms with van der Waals surface area (Å²) in [6, 6.07) is 3.96. The van der Waals surface area contributed by atoms with Crippen LogP contribution in [0.3, 0.4) is 0 Å². The second-order valence-electron chi connectivity index (χ2n) is 6.27. The molecule has 0 amide bonds. The topological polar surface area (TPSA) is 24.4 Å². The molecule has 2 aliphatic rings. The van der Waals surface area contributed by atoms with Gasteiger partial charge in [0.15, 0.2) is 16.8 Å². The van der Waals surface area contributed by atoms with E-state index < -0.39 is 11.6 Å². The lowest BCUT2D eigenvalue weighted by Gasteiger charge is -2.36. The first-order valence-electron chi connectivity index (χ1n) is 7.46. The summed E-state index contributed by atoms with van der Waals surface area (Å²) in [5.41, 5.74) is 0.900. The Hall–Kier alpha value is -1.10. The summed E-state index contributed by atoms with van der Waals surface area (Å²) in [4.78, 5) is 4.52. The zero-order valence-electron chi connectivity index (χ0n) is 12.2. The second-order valence-corrected chi connectivity index (χ2v) is 7.23. The van der Waals surface area contributed by atoms with E-state index in [4.69, 9.17) is 0 Å². The Morgan fingerprint density at radius 1 is 1.38 bits per heavy atom. The number of nitrogens with one attached hydrogen (secondary N) is 1. The molecule has 5 heteroatoms. The SMILES string of the molecule is CC1CCCC2(CSC(=NCc3ccc(F)c(F)c3)N2)C1. The molecule has 1 aromatic rings. The Kier molecular flexibility index (Phi) is 4.20. The van der Waals surface area contributed by atoms with Gasteiger partial charge in [0, 0.05) is 11.3 Å². The van der Waals surface area contributed by atoms with Crippen molar-refractivity contribution in [2.45, 2.75) is 44.7 Å². The lowest BCUT2D eigenvalue weighted by atomic mass is 9.78. The van der Waals surface area contributed by atoms with Crippen LogP contribution in [0.2, 0.25) is 0 Å². The van der Waals surface area contributed by atoms with Crippen LogP contribution >= 0.6 is 11.8 Å². The Labute approximate surface area is 128 Å². The van der Waals surface area contributed by atoms with E-state index in [0.717, 1.165) is 22.9 Å². The standard InChI is InChI=1S/C16H20F2N2S/c1-11-3-2-6-16(8-11)10-21-15(20-16)19-9-12-4-5-13(17)14(18)7-12/h4-5,7,11H,2-3,6,8-10H2,1H3,(H,19,20). The van der Waals surface area contributed by atoms with Gasteiger partial charge in [-0.15, -0.1) is 0 Å². The van der Waals surface area contributed by atoms with E-state index in [0.29, 0.717) is 12.1 Å². The van der Waals surface area contributed by atoms with Crippen LogP contribution in [0.4, 0.5) is 8.78 Å². The van der Waals surface area contributed by atoms with E-state index >= 15 is 0 Å². The molecule has 0 radical (unpaired) electrons. The lowest BCUT2D eigenvalue weighted by Crippen LogP contribution is -2.47. The largest absolute Gasteiger partial charge is 0.359 e. The fourth-order valence-corrected chi connectivity index (χ4v) is 4.49. The van der Waals surface area contributed by atoms with Gasteiger partial charge in [0.05, 0.1) is 6.54 Å². The molecule has 1 heterocycles. The molecule has 114 valence electrons. The summed E-state index contributed by atoms with van der Waals surface area (Å²) in [5, 5.41) is 4.52. The van der Waals surface area contributed by atoms with Crippen molar-refractivity contribution in [2.75, 3.05) is 5.75 Å². The van der Waals surface area contributed by atoms with Crippen LogP contribution in [-0.2, 0) is 6.54 Å². The number of aliphatic imine (C=N–C) groups is 1. The van der Waals surface area contributed by atoms with Gasteiger partial charge in [-0.2, -0.15) is 0 Å². The molecule has 2 atom stereocenters. The summed E-state index contributed by atoms with van der Waals surface area (Å²) in [6.07, 6.45) is 4.99. The number of hydrogen-bond donors (Lipinski definition) is 1. The number of thioether (sulfide) groups is 1. The quantitative estimate of drug-likeness (QED) is 0.889. The maximum Gasteiger partial charge on any atom is 0.159 e. The monoisotopic (exact) mass is 310 g/mol. The molecule has 1 N–H and O–H groups in total. The molecule has 21 heavy (non-hydrogen) atoms. The van der Waals surface area contributed by atoms with Crippen molar-refractivity contribution in [3.63, 3.8) is 0 Å². The Morgan fingerprint density at radius 2 is 2.24 bits per heavy atom. The first kappa shape index (κ1) is 14.8. The summed E-state index contributed by atoms with van der Waals surface area (Å²) in [6.45, 7) is 2.70. The summed E-state index contributed by atoms with van der Waals surface area (Å²) >= 11 is 1.75. The number of nitrogens with zero attached hydrogens (tertiary/aromatic N) is 1. The van der Waals surface area contributed by atoms with E-state index in [-0.39, 0.29) is 5.54 Å². The van der Waals surface area contributed by atoms with Crippen LogP contribution in [0.15, 0.2) is 23.2 Å². The van der Waals surface area contributed by atoms with Crippen molar-refractivity contribution >= 4 is 16.9 Å². The van der Waals surface area contributed by atoms with Crippen LogP contribution in [0.5, 0.6) is 0 Å². The normalized spacial score (nSPS) is 30.8. The minimum absolute atomic E-state index is 0.204. The Balaban J connectivity index is 1.64. The van der Waals surface area contributed by atoms with Gasteiger partial charge in [-0.05, 0) is 36.5 Å². The summed E-state index contributed by atoms with van der Waals surface area (Å²) in [5.74, 6) is 0.207. The lowest BCUT2D eigenvalue weighted by molar-refractivity contribution is 0.242. The van der Waals surface area contributed by atoms with Crippen LogP contribution in [-0.4, -0.2) is 16.5 Å². The highest BCUT2D eigenvalue weighted by atomic mass is 32.2. The van der Waals surface area contributed by atoms with E-state index in [1.807, 2.05) is 0 Å². The molecule has 2 fully saturated rings. The molecule has 1 spiro atoms. The first-order chi connectivity index (χ1) is 10.1. The van der Waals surface area contributed by atoms with Gasteiger partial charge in [0.1, 0.15) is 0 Å². The van der Waals surface area contributed by atoms with Crippen LogP contribution in [0.25, 0.3) is 0 Å². The number of amidine groups is 1. The fourth-order valence-electron chi connectivity index (χ4n) is 3.30. The summed E-state index contributed by atoms with van der Waals surface area (Å²) in [7, 11) is 0. The number of halogens is 2. The molecule has 1 saturated heterocycles. The first-order valence-corrected chi connectivity index (χ1v) is 8.44. The summed E-state index contributed by atoms with van der Waals surface area (Å²) < 4.78 is 26.1. The van der Waals surface area contributed by atoms with Crippen molar-refractivity contribution in [3.8, 4) is 0 Å². The minimum atomic E-state index is -0.810. The van der Waals surface area contributed by atoms with Crippen LogP contribution in [0, 0.1) is 17.6 Å². The molecule has 0 bridgehead atoms. The van der Waals surface area contributed by atoms with Gasteiger partial charge in [0.2, 0.25) is 0 Å². The van der Waals surface area contributed by atoms with Gasteiger partial charge in [-0.3, -0.25) is 4.99 Å². The van der Waals surface area contributed by atoms with Gasteiger partial charge >= 0.3 is 0 Å². The number of benzene rings is 1. The molecule has 1 aromatic carbocycles. The van der Waals surface area contributed by atoms with E-state index in [1.165, 1.54) is 31.7 Å². The van der Waals surface area contributed by atoms with Gasteiger partial charge in [-0.1, -0.05) is 37.6 Å². The maximum atomic E-state index is 13.2. The number of rotatable bonds is 2. The maximum absolute atomic E-state index is 13.2. The molecule has 2 unspecified atom stereocenters. The highest BCUT2D eigenvalue weighted by Crippen LogP contribution is 2.38. The molecule has 1 aliphatic heterocycles. The van der Waals surface area contributed by atoms with Crippen LogP contribution < -0.4 is 5.32 Å². The molecule has 1 saturated carbocycles. The van der Waals surface area contributed by atoms with Crippen molar-refractivity contribution < 1.29 is 8.78 Å². The third kappa shape index (κ3) is 3.39. The second kappa shape index (κ2) is 5.95. The molecular formula is C16H20F2N2S.